The average molecular weight is 257 g/mol. The SMILES string of the molecule is Cc1cc2c(Sc3cccc(O)c3)nccn2n1. The molecule has 0 amide bonds. The third kappa shape index (κ3) is 2.04. The van der Waals surface area contributed by atoms with Crippen LogP contribution in [0.15, 0.2) is 52.6 Å². The topological polar surface area (TPSA) is 50.4 Å². The maximum Gasteiger partial charge on any atom is 0.127 e. The second-order valence-corrected chi connectivity index (χ2v) is 5.01. The Balaban J connectivity index is 2.04. The van der Waals surface area contributed by atoms with Crippen molar-refractivity contribution in [1.82, 2.24) is 14.6 Å². The first-order valence-corrected chi connectivity index (χ1v) is 6.32. The third-order valence-corrected chi connectivity index (χ3v) is 3.51. The van der Waals surface area contributed by atoms with E-state index in [0.717, 1.165) is 21.1 Å². The first-order chi connectivity index (χ1) is 8.72. The molecule has 0 aliphatic carbocycles. The maximum absolute atomic E-state index is 9.46. The van der Waals surface area contributed by atoms with Gasteiger partial charge in [0.1, 0.15) is 10.8 Å². The van der Waals surface area contributed by atoms with Gasteiger partial charge >= 0.3 is 0 Å². The molecule has 0 fully saturated rings. The van der Waals surface area contributed by atoms with E-state index in [4.69, 9.17) is 0 Å². The number of fused-ring (bicyclic) bond motifs is 1. The first kappa shape index (κ1) is 11.1. The van der Waals surface area contributed by atoms with Gasteiger partial charge in [-0.05, 0) is 31.2 Å². The van der Waals surface area contributed by atoms with Gasteiger partial charge in [0.05, 0.1) is 11.2 Å². The number of hydrogen-bond acceptors (Lipinski definition) is 4. The lowest BCUT2D eigenvalue weighted by atomic mass is 10.3. The fourth-order valence-corrected chi connectivity index (χ4v) is 2.68. The van der Waals surface area contributed by atoms with Crippen LogP contribution in [0.2, 0.25) is 0 Å². The summed E-state index contributed by atoms with van der Waals surface area (Å²) in [5.74, 6) is 0.261. The van der Waals surface area contributed by atoms with Gasteiger partial charge in [-0.15, -0.1) is 0 Å². The van der Waals surface area contributed by atoms with Crippen LogP contribution in [-0.2, 0) is 0 Å². The van der Waals surface area contributed by atoms with Crippen molar-refractivity contribution in [2.45, 2.75) is 16.8 Å². The van der Waals surface area contributed by atoms with Gasteiger partial charge in [-0.3, -0.25) is 0 Å². The Morgan fingerprint density at radius 2 is 2.17 bits per heavy atom. The van der Waals surface area contributed by atoms with E-state index in [9.17, 15) is 5.11 Å². The molecule has 5 heteroatoms. The highest BCUT2D eigenvalue weighted by molar-refractivity contribution is 7.99. The Labute approximate surface area is 108 Å². The van der Waals surface area contributed by atoms with Gasteiger partial charge in [0.2, 0.25) is 0 Å². The predicted octanol–water partition coefficient (Wildman–Crippen LogP) is 2.89. The Kier molecular flexibility index (Phi) is 2.68. The van der Waals surface area contributed by atoms with Gasteiger partial charge in [0.15, 0.2) is 0 Å². The number of aromatic nitrogens is 3. The molecule has 0 unspecified atom stereocenters. The maximum atomic E-state index is 9.46. The minimum Gasteiger partial charge on any atom is -0.508 e. The molecule has 0 atom stereocenters. The van der Waals surface area contributed by atoms with E-state index in [1.54, 1.807) is 18.3 Å². The summed E-state index contributed by atoms with van der Waals surface area (Å²) in [5, 5.41) is 14.7. The van der Waals surface area contributed by atoms with Crippen LogP contribution in [0.1, 0.15) is 5.69 Å². The number of rotatable bonds is 2. The number of nitrogens with zero attached hydrogens (tertiary/aromatic N) is 3. The molecule has 0 aliphatic rings. The number of aromatic hydroxyl groups is 1. The van der Waals surface area contributed by atoms with Crippen LogP contribution in [0.4, 0.5) is 0 Å². The average Bonchev–Trinajstić information content (AvgIpc) is 2.71. The predicted molar refractivity (Wildman–Crippen MR) is 70.0 cm³/mol. The third-order valence-electron chi connectivity index (χ3n) is 2.51. The highest BCUT2D eigenvalue weighted by Crippen LogP contribution is 2.30. The van der Waals surface area contributed by atoms with E-state index < -0.39 is 0 Å². The van der Waals surface area contributed by atoms with Gasteiger partial charge in [0.25, 0.3) is 0 Å². The molecule has 3 aromatic rings. The summed E-state index contributed by atoms with van der Waals surface area (Å²) in [6.07, 6.45) is 3.55. The van der Waals surface area contributed by atoms with Crippen molar-refractivity contribution < 1.29 is 5.11 Å². The van der Waals surface area contributed by atoms with Crippen LogP contribution in [0.3, 0.4) is 0 Å². The number of benzene rings is 1. The van der Waals surface area contributed by atoms with E-state index in [0.29, 0.717) is 0 Å². The van der Waals surface area contributed by atoms with Crippen LogP contribution in [0.25, 0.3) is 5.52 Å². The minimum atomic E-state index is 0.261. The first-order valence-electron chi connectivity index (χ1n) is 5.50. The van der Waals surface area contributed by atoms with Crippen LogP contribution in [0.5, 0.6) is 5.75 Å². The summed E-state index contributed by atoms with van der Waals surface area (Å²) < 4.78 is 1.81. The van der Waals surface area contributed by atoms with Gasteiger partial charge in [0, 0.05) is 17.3 Å². The molecule has 4 nitrogen and oxygen atoms in total. The number of aryl methyl sites for hydroxylation is 1. The second kappa shape index (κ2) is 4.34. The lowest BCUT2D eigenvalue weighted by molar-refractivity contribution is 0.474. The second-order valence-electron chi connectivity index (χ2n) is 3.95. The van der Waals surface area contributed by atoms with Crippen molar-refractivity contribution in [2.75, 3.05) is 0 Å². The number of hydrogen-bond donors (Lipinski definition) is 1. The van der Waals surface area contributed by atoms with Crippen molar-refractivity contribution >= 4 is 17.3 Å². The summed E-state index contributed by atoms with van der Waals surface area (Å²) in [7, 11) is 0. The summed E-state index contributed by atoms with van der Waals surface area (Å²) in [5.41, 5.74) is 1.93. The highest BCUT2D eigenvalue weighted by atomic mass is 32.2. The molecule has 1 aromatic carbocycles. The molecular formula is C13H11N3OS. The van der Waals surface area contributed by atoms with E-state index in [1.165, 1.54) is 11.8 Å². The normalized spacial score (nSPS) is 10.9. The van der Waals surface area contributed by atoms with Gasteiger partial charge < -0.3 is 5.11 Å². The van der Waals surface area contributed by atoms with Crippen molar-refractivity contribution in [3.05, 3.63) is 48.4 Å². The molecular weight excluding hydrogens is 246 g/mol. The zero-order chi connectivity index (χ0) is 12.5. The smallest absolute Gasteiger partial charge is 0.127 e. The molecule has 0 radical (unpaired) electrons. The van der Waals surface area contributed by atoms with E-state index in [2.05, 4.69) is 10.1 Å². The van der Waals surface area contributed by atoms with E-state index >= 15 is 0 Å². The zero-order valence-electron chi connectivity index (χ0n) is 9.74. The van der Waals surface area contributed by atoms with Crippen LogP contribution in [0, 0.1) is 6.92 Å². The standard InChI is InChI=1S/C13H11N3OS/c1-9-7-12-13(14-5-6-16(12)15-9)18-11-4-2-3-10(17)8-11/h2-8,17H,1H3. The summed E-state index contributed by atoms with van der Waals surface area (Å²) in [4.78, 5) is 5.32. The molecule has 0 spiro atoms. The monoisotopic (exact) mass is 257 g/mol. The zero-order valence-corrected chi connectivity index (χ0v) is 10.6. The molecule has 0 saturated heterocycles. The fourth-order valence-electron chi connectivity index (χ4n) is 1.76. The molecule has 0 aliphatic heterocycles. The minimum absolute atomic E-state index is 0.261. The van der Waals surface area contributed by atoms with Gasteiger partial charge in [-0.1, -0.05) is 17.8 Å². The van der Waals surface area contributed by atoms with Crippen molar-refractivity contribution in [1.29, 1.82) is 0 Å². The quantitative estimate of drug-likeness (QED) is 0.767. The van der Waals surface area contributed by atoms with E-state index in [-0.39, 0.29) is 5.75 Å². The highest BCUT2D eigenvalue weighted by Gasteiger charge is 2.07. The molecule has 1 N–H and O–H groups in total. The molecule has 0 bridgehead atoms. The number of phenols is 1. The Morgan fingerprint density at radius 3 is 3.00 bits per heavy atom. The molecule has 2 aromatic heterocycles. The van der Waals surface area contributed by atoms with Crippen molar-refractivity contribution in [3.63, 3.8) is 0 Å². The fraction of sp³-hybridized carbons (Fsp3) is 0.0769. The van der Waals surface area contributed by atoms with Crippen molar-refractivity contribution in [2.24, 2.45) is 0 Å². The Hall–Kier alpha value is -2.01. The summed E-state index contributed by atoms with van der Waals surface area (Å²) >= 11 is 1.51. The van der Waals surface area contributed by atoms with Crippen LogP contribution in [-0.4, -0.2) is 19.7 Å². The largest absolute Gasteiger partial charge is 0.508 e. The Bertz CT molecular complexity index is 708. The lowest BCUT2D eigenvalue weighted by Gasteiger charge is -2.03. The lowest BCUT2D eigenvalue weighted by Crippen LogP contribution is -1.90. The number of phenolic OH excluding ortho intramolecular Hbond substituents is 1. The molecule has 2 heterocycles. The van der Waals surface area contributed by atoms with Crippen LogP contribution >= 0.6 is 11.8 Å². The summed E-state index contributed by atoms with van der Waals surface area (Å²) in [6.45, 7) is 1.95. The van der Waals surface area contributed by atoms with Gasteiger partial charge in [-0.25, -0.2) is 9.50 Å². The van der Waals surface area contributed by atoms with E-state index in [1.807, 2.05) is 35.8 Å². The molecule has 0 saturated carbocycles. The summed E-state index contributed by atoms with van der Waals surface area (Å²) in [6, 6.07) is 9.14. The molecule has 3 rings (SSSR count). The van der Waals surface area contributed by atoms with Crippen LogP contribution < -0.4 is 0 Å². The molecule has 90 valence electrons. The van der Waals surface area contributed by atoms with Crippen molar-refractivity contribution in [3.8, 4) is 5.75 Å². The van der Waals surface area contributed by atoms with Gasteiger partial charge in [-0.2, -0.15) is 5.10 Å². The molecule has 18 heavy (non-hydrogen) atoms. The Morgan fingerprint density at radius 1 is 1.28 bits per heavy atom.